The molecule has 0 radical (unpaired) electrons. The lowest BCUT2D eigenvalue weighted by atomic mass is 10.2. The van der Waals surface area contributed by atoms with Crippen LogP contribution in [-0.4, -0.2) is 25.7 Å². The number of esters is 2. The van der Waals surface area contributed by atoms with Crippen molar-refractivity contribution in [2.45, 2.75) is 6.92 Å². The Hall–Kier alpha value is -3.28. The van der Waals surface area contributed by atoms with Gasteiger partial charge >= 0.3 is 11.9 Å². The van der Waals surface area contributed by atoms with Crippen molar-refractivity contribution in [3.05, 3.63) is 60.7 Å². The maximum atomic E-state index is 12.4. The molecule has 6 heteroatoms. The second-order valence-corrected chi connectivity index (χ2v) is 4.78. The van der Waals surface area contributed by atoms with Crippen LogP contribution in [0.3, 0.4) is 0 Å². The molecular formula is C19H18O6. The predicted octanol–water partition coefficient (Wildman–Crippen LogP) is 3.40. The zero-order chi connectivity index (χ0) is 18.2. The molecule has 0 bridgehead atoms. The largest absolute Gasteiger partial charge is 0.496 e. The van der Waals surface area contributed by atoms with E-state index in [1.165, 1.54) is 25.3 Å². The van der Waals surface area contributed by atoms with Crippen molar-refractivity contribution in [2.24, 2.45) is 0 Å². The molecule has 0 aromatic heterocycles. The second kappa shape index (κ2) is 8.54. The molecule has 0 fully saturated rings. The quantitative estimate of drug-likeness (QED) is 0.436. The number of hydrogen-bond donors (Lipinski definition) is 0. The number of hydrogen-bond acceptors (Lipinski definition) is 6. The first kappa shape index (κ1) is 18.1. The minimum absolute atomic E-state index is 0.197. The summed E-state index contributed by atoms with van der Waals surface area (Å²) in [5.41, 5.74) is 0.197. The van der Waals surface area contributed by atoms with Gasteiger partial charge in [0.25, 0.3) is 0 Å². The van der Waals surface area contributed by atoms with Crippen LogP contribution in [0.1, 0.15) is 17.3 Å². The predicted molar refractivity (Wildman–Crippen MR) is 91.4 cm³/mol. The van der Waals surface area contributed by atoms with Gasteiger partial charge in [0, 0.05) is 18.2 Å². The lowest BCUT2D eigenvalue weighted by molar-refractivity contribution is -0.128. The Bertz CT molecular complexity index is 781. The molecule has 0 heterocycles. The van der Waals surface area contributed by atoms with Gasteiger partial charge in [-0.05, 0) is 31.2 Å². The highest BCUT2D eigenvalue weighted by Gasteiger charge is 2.16. The highest BCUT2D eigenvalue weighted by Crippen LogP contribution is 2.27. The summed E-state index contributed by atoms with van der Waals surface area (Å²) in [6.07, 6.45) is 1.04. The van der Waals surface area contributed by atoms with Crippen molar-refractivity contribution in [2.75, 3.05) is 13.7 Å². The Kier molecular flexibility index (Phi) is 6.17. The Morgan fingerprint density at radius 1 is 1.04 bits per heavy atom. The van der Waals surface area contributed by atoms with Crippen molar-refractivity contribution in [3.8, 4) is 23.0 Å². The van der Waals surface area contributed by atoms with Gasteiger partial charge in [-0.3, -0.25) is 0 Å². The minimum atomic E-state index is -0.606. The number of carbonyl (C=O) groups is 2. The molecule has 2 aromatic carbocycles. The molecule has 0 saturated carbocycles. The van der Waals surface area contributed by atoms with Crippen LogP contribution in [0.5, 0.6) is 23.0 Å². The van der Waals surface area contributed by atoms with E-state index in [1.54, 1.807) is 24.3 Å². The monoisotopic (exact) mass is 342 g/mol. The maximum absolute atomic E-state index is 12.4. The summed E-state index contributed by atoms with van der Waals surface area (Å²) < 4.78 is 20.9. The summed E-state index contributed by atoms with van der Waals surface area (Å²) in [7, 11) is 1.40. The van der Waals surface area contributed by atoms with Crippen LogP contribution in [0.15, 0.2) is 55.1 Å². The third kappa shape index (κ3) is 4.84. The molecule has 6 nitrogen and oxygen atoms in total. The standard InChI is InChI=1S/C19H18O6/c1-4-18(20)24-15-9-10-16(17(12-15)22-3)19(21)25-14-8-6-7-13(11-14)23-5-2/h4,6-12H,1,5H2,2-3H3. The third-order valence-electron chi connectivity index (χ3n) is 3.11. The van der Waals surface area contributed by atoms with Gasteiger partial charge in [0.2, 0.25) is 0 Å². The Labute approximate surface area is 145 Å². The van der Waals surface area contributed by atoms with Gasteiger partial charge in [0.1, 0.15) is 28.6 Å². The van der Waals surface area contributed by atoms with E-state index in [9.17, 15) is 9.59 Å². The maximum Gasteiger partial charge on any atom is 0.347 e. The minimum Gasteiger partial charge on any atom is -0.496 e. The van der Waals surface area contributed by atoms with Gasteiger partial charge in [0.05, 0.1) is 13.7 Å². The molecule has 0 aliphatic carbocycles. The molecule has 0 aliphatic heterocycles. The first-order chi connectivity index (χ1) is 12.1. The van der Waals surface area contributed by atoms with Crippen LogP contribution in [-0.2, 0) is 4.79 Å². The van der Waals surface area contributed by atoms with Gasteiger partial charge in [0.15, 0.2) is 0 Å². The van der Waals surface area contributed by atoms with E-state index < -0.39 is 11.9 Å². The fourth-order valence-electron chi connectivity index (χ4n) is 2.02. The molecule has 0 unspecified atom stereocenters. The lowest BCUT2D eigenvalue weighted by Gasteiger charge is -2.11. The zero-order valence-electron chi connectivity index (χ0n) is 14.0. The van der Waals surface area contributed by atoms with E-state index >= 15 is 0 Å². The molecule has 0 atom stereocenters. The molecule has 130 valence electrons. The summed E-state index contributed by atoms with van der Waals surface area (Å²) in [6.45, 7) is 5.70. The summed E-state index contributed by atoms with van der Waals surface area (Å²) in [5.74, 6) is 0.195. The Balaban J connectivity index is 2.19. The highest BCUT2D eigenvalue weighted by atomic mass is 16.5. The summed E-state index contributed by atoms with van der Waals surface area (Å²) in [5, 5.41) is 0. The number of rotatable bonds is 7. The van der Waals surface area contributed by atoms with Crippen molar-refractivity contribution >= 4 is 11.9 Å². The third-order valence-corrected chi connectivity index (χ3v) is 3.11. The van der Waals surface area contributed by atoms with E-state index in [2.05, 4.69) is 6.58 Å². The van der Waals surface area contributed by atoms with Crippen LogP contribution >= 0.6 is 0 Å². The highest BCUT2D eigenvalue weighted by molar-refractivity contribution is 5.94. The number of benzene rings is 2. The van der Waals surface area contributed by atoms with Crippen LogP contribution in [0, 0.1) is 0 Å². The van der Waals surface area contributed by atoms with Crippen LogP contribution in [0.4, 0.5) is 0 Å². The normalized spacial score (nSPS) is 9.84. The molecule has 0 saturated heterocycles. The zero-order valence-corrected chi connectivity index (χ0v) is 14.0. The van der Waals surface area contributed by atoms with E-state index in [4.69, 9.17) is 18.9 Å². The first-order valence-electron chi connectivity index (χ1n) is 7.54. The SMILES string of the molecule is C=CC(=O)Oc1ccc(C(=O)Oc2cccc(OCC)c2)c(OC)c1. The fourth-order valence-corrected chi connectivity index (χ4v) is 2.02. The average Bonchev–Trinajstić information content (AvgIpc) is 2.62. The van der Waals surface area contributed by atoms with Crippen LogP contribution < -0.4 is 18.9 Å². The van der Waals surface area contributed by atoms with E-state index in [1.807, 2.05) is 6.92 Å². The molecule has 2 rings (SSSR count). The number of methoxy groups -OCH3 is 1. The summed E-state index contributed by atoms with van der Waals surface area (Å²) >= 11 is 0. The van der Waals surface area contributed by atoms with Crippen molar-refractivity contribution in [1.82, 2.24) is 0 Å². The Morgan fingerprint density at radius 2 is 1.76 bits per heavy atom. The smallest absolute Gasteiger partial charge is 0.347 e. The van der Waals surface area contributed by atoms with Gasteiger partial charge in [-0.2, -0.15) is 0 Å². The Morgan fingerprint density at radius 3 is 2.44 bits per heavy atom. The van der Waals surface area contributed by atoms with E-state index in [0.717, 1.165) is 6.08 Å². The van der Waals surface area contributed by atoms with Crippen molar-refractivity contribution in [1.29, 1.82) is 0 Å². The molecular weight excluding hydrogens is 324 g/mol. The molecule has 0 amide bonds. The van der Waals surface area contributed by atoms with E-state index in [-0.39, 0.29) is 17.1 Å². The van der Waals surface area contributed by atoms with E-state index in [0.29, 0.717) is 18.1 Å². The summed E-state index contributed by atoms with van der Waals surface area (Å²) in [6, 6.07) is 11.1. The van der Waals surface area contributed by atoms with Gasteiger partial charge in [-0.1, -0.05) is 12.6 Å². The van der Waals surface area contributed by atoms with Crippen molar-refractivity contribution in [3.63, 3.8) is 0 Å². The van der Waals surface area contributed by atoms with Gasteiger partial charge in [-0.15, -0.1) is 0 Å². The lowest BCUT2D eigenvalue weighted by Crippen LogP contribution is -2.11. The topological polar surface area (TPSA) is 71.1 Å². The van der Waals surface area contributed by atoms with Gasteiger partial charge < -0.3 is 18.9 Å². The van der Waals surface area contributed by atoms with Gasteiger partial charge in [-0.25, -0.2) is 9.59 Å². The number of carbonyl (C=O) groups excluding carboxylic acids is 2. The average molecular weight is 342 g/mol. The number of ether oxygens (including phenoxy) is 4. The molecule has 2 aromatic rings. The molecule has 0 aliphatic rings. The molecule has 25 heavy (non-hydrogen) atoms. The van der Waals surface area contributed by atoms with Crippen LogP contribution in [0.25, 0.3) is 0 Å². The first-order valence-corrected chi connectivity index (χ1v) is 7.54. The summed E-state index contributed by atoms with van der Waals surface area (Å²) in [4.78, 5) is 23.6. The molecule has 0 N–H and O–H groups in total. The molecule has 0 spiro atoms. The van der Waals surface area contributed by atoms with Crippen LogP contribution in [0.2, 0.25) is 0 Å². The van der Waals surface area contributed by atoms with Crippen molar-refractivity contribution < 1.29 is 28.5 Å². The fraction of sp³-hybridized carbons (Fsp3) is 0.158. The second-order valence-electron chi connectivity index (χ2n) is 4.78.